The molecule has 142 valence electrons. The number of hydrogen-bond donors (Lipinski definition) is 1. The standard InChI is InChI=1S/C19H19NO6S/c1-12-7-6-10-14(16(12)24-2)17-15(21)18(19(20)25-17)26-27(22,23)11-13-8-4-3-5-9-13/h3-10,17H,11,20H2,1-2H3/t17-/m1/s1/i11D2,17D. The summed E-state index contributed by atoms with van der Waals surface area (Å²) in [6, 6.07) is 11.7. The zero-order valence-electron chi connectivity index (χ0n) is 17.6. The van der Waals surface area contributed by atoms with Crippen molar-refractivity contribution in [3.63, 3.8) is 0 Å². The number of aryl methyl sites for hydroxylation is 1. The summed E-state index contributed by atoms with van der Waals surface area (Å²) in [5.41, 5.74) is 3.08. The lowest BCUT2D eigenvalue weighted by Gasteiger charge is -2.15. The summed E-state index contributed by atoms with van der Waals surface area (Å²) in [6.07, 6.45) is -2.45. The first-order valence-corrected chi connectivity index (χ1v) is 9.23. The Bertz CT molecular complexity index is 1130. The molecule has 0 unspecified atom stereocenters. The second kappa shape index (κ2) is 7.32. The maximum Gasteiger partial charge on any atom is 0.313 e. The van der Waals surface area contributed by atoms with E-state index in [-0.39, 0.29) is 16.9 Å². The van der Waals surface area contributed by atoms with Gasteiger partial charge < -0.3 is 19.4 Å². The molecule has 1 aliphatic rings. The largest absolute Gasteiger partial charge is 0.496 e. The first-order valence-electron chi connectivity index (χ1n) is 9.33. The molecule has 0 fully saturated rings. The second-order valence-corrected chi connectivity index (χ2v) is 6.89. The van der Waals surface area contributed by atoms with Crippen LogP contribution in [-0.4, -0.2) is 21.3 Å². The quantitative estimate of drug-likeness (QED) is 0.752. The van der Waals surface area contributed by atoms with Gasteiger partial charge >= 0.3 is 10.1 Å². The van der Waals surface area contributed by atoms with E-state index in [9.17, 15) is 13.2 Å². The Balaban J connectivity index is 1.98. The van der Waals surface area contributed by atoms with E-state index in [1.165, 1.54) is 37.4 Å². The summed E-state index contributed by atoms with van der Waals surface area (Å²) in [5.74, 6) is -2.71. The predicted molar refractivity (Wildman–Crippen MR) is 97.9 cm³/mol. The predicted octanol–water partition coefficient (Wildman–Crippen LogP) is 2.32. The molecule has 1 atom stereocenters. The number of carbonyl (C=O) groups is 1. The Morgan fingerprint density at radius 2 is 1.93 bits per heavy atom. The zero-order valence-corrected chi connectivity index (χ0v) is 15.4. The number of Topliss-reactive ketones (excluding diaryl/α,β-unsaturated/α-hetero) is 1. The lowest BCUT2D eigenvalue weighted by molar-refractivity contribution is -0.123. The van der Waals surface area contributed by atoms with Crippen LogP contribution >= 0.6 is 0 Å². The monoisotopic (exact) mass is 392 g/mol. The molecule has 0 saturated heterocycles. The van der Waals surface area contributed by atoms with Crippen molar-refractivity contribution in [2.24, 2.45) is 5.73 Å². The van der Waals surface area contributed by atoms with E-state index < -0.39 is 39.3 Å². The van der Waals surface area contributed by atoms with Gasteiger partial charge in [0.05, 0.1) is 11.2 Å². The highest BCUT2D eigenvalue weighted by Gasteiger charge is 2.41. The number of methoxy groups -OCH3 is 1. The number of hydrogen-bond acceptors (Lipinski definition) is 7. The fourth-order valence-electron chi connectivity index (χ4n) is 2.56. The molecule has 3 rings (SSSR count). The third-order valence-corrected chi connectivity index (χ3v) is 4.59. The third kappa shape index (κ3) is 3.90. The van der Waals surface area contributed by atoms with E-state index in [4.69, 9.17) is 23.5 Å². The second-order valence-electron chi connectivity index (χ2n) is 5.61. The Morgan fingerprint density at radius 3 is 2.59 bits per heavy atom. The van der Waals surface area contributed by atoms with E-state index in [0.717, 1.165) is 0 Å². The van der Waals surface area contributed by atoms with Crippen LogP contribution in [0.1, 0.15) is 26.9 Å². The van der Waals surface area contributed by atoms with Gasteiger partial charge in [-0.05, 0) is 18.1 Å². The fourth-order valence-corrected chi connectivity index (χ4v) is 3.40. The number of benzene rings is 2. The SMILES string of the molecule is [2H]C([2H])(c1ccccc1)S(=O)(=O)OC1=C(N)O[C@]([2H])(c2cccc(C)c2OC)C1=O. The van der Waals surface area contributed by atoms with Gasteiger partial charge in [0, 0.05) is 5.56 Å². The van der Waals surface area contributed by atoms with Crippen molar-refractivity contribution in [1.29, 1.82) is 0 Å². The van der Waals surface area contributed by atoms with Crippen LogP contribution in [0.25, 0.3) is 0 Å². The highest BCUT2D eigenvalue weighted by molar-refractivity contribution is 7.86. The summed E-state index contributed by atoms with van der Waals surface area (Å²) >= 11 is 0. The van der Waals surface area contributed by atoms with Crippen LogP contribution in [0.15, 0.2) is 60.2 Å². The van der Waals surface area contributed by atoms with Crippen LogP contribution in [-0.2, 0) is 29.5 Å². The fraction of sp³-hybridized carbons (Fsp3) is 0.211. The van der Waals surface area contributed by atoms with Crippen LogP contribution < -0.4 is 10.5 Å². The van der Waals surface area contributed by atoms with E-state index >= 15 is 0 Å². The molecule has 1 heterocycles. The Kier molecular flexibility index (Phi) is 4.09. The molecule has 0 saturated carbocycles. The Labute approximate surface area is 161 Å². The number of ketones is 1. The lowest BCUT2D eigenvalue weighted by Crippen LogP contribution is -2.16. The van der Waals surface area contributed by atoms with Gasteiger partial charge in [-0.1, -0.05) is 48.5 Å². The smallest absolute Gasteiger partial charge is 0.313 e. The normalized spacial score (nSPS) is 21.9. The minimum atomic E-state index is -5.04. The molecular formula is C19H19NO6S. The highest BCUT2D eigenvalue weighted by atomic mass is 32.2. The molecule has 0 amide bonds. The summed E-state index contributed by atoms with van der Waals surface area (Å²) in [4.78, 5) is 12.9. The molecule has 2 N–H and O–H groups in total. The summed E-state index contributed by atoms with van der Waals surface area (Å²) < 4.78 is 65.0. The maximum atomic E-state index is 12.9. The van der Waals surface area contributed by atoms with E-state index in [2.05, 4.69) is 0 Å². The molecule has 2 aromatic rings. The van der Waals surface area contributed by atoms with Gasteiger partial charge in [-0.3, -0.25) is 4.79 Å². The Hall–Kier alpha value is -3.00. The molecule has 0 radical (unpaired) electrons. The van der Waals surface area contributed by atoms with Crippen molar-refractivity contribution in [2.45, 2.75) is 18.7 Å². The zero-order chi connectivity index (χ0) is 22.3. The van der Waals surface area contributed by atoms with Crippen LogP contribution in [0.4, 0.5) is 0 Å². The van der Waals surface area contributed by atoms with Crippen molar-refractivity contribution in [2.75, 3.05) is 7.11 Å². The van der Waals surface area contributed by atoms with Crippen molar-refractivity contribution in [1.82, 2.24) is 0 Å². The lowest BCUT2D eigenvalue weighted by atomic mass is 10.0. The van der Waals surface area contributed by atoms with Gasteiger partial charge in [-0.15, -0.1) is 0 Å². The molecular weight excluding hydrogens is 370 g/mol. The van der Waals surface area contributed by atoms with Gasteiger partial charge in [0.2, 0.25) is 17.4 Å². The molecule has 0 bridgehead atoms. The van der Waals surface area contributed by atoms with Gasteiger partial charge in [0.1, 0.15) is 11.5 Å². The van der Waals surface area contributed by atoms with Crippen molar-refractivity contribution in [3.8, 4) is 5.75 Å². The van der Waals surface area contributed by atoms with Crippen LogP contribution in [0.5, 0.6) is 5.75 Å². The van der Waals surface area contributed by atoms with E-state index in [0.29, 0.717) is 5.56 Å². The maximum absolute atomic E-state index is 12.9. The Morgan fingerprint density at radius 1 is 1.22 bits per heavy atom. The average Bonchev–Trinajstić information content (AvgIpc) is 2.92. The summed E-state index contributed by atoms with van der Waals surface area (Å²) in [5, 5.41) is 0. The molecule has 0 spiro atoms. The number of rotatable bonds is 6. The van der Waals surface area contributed by atoms with Crippen LogP contribution in [0, 0.1) is 6.92 Å². The number of para-hydroxylation sites is 1. The average molecular weight is 392 g/mol. The van der Waals surface area contributed by atoms with Gasteiger partial charge in [0.15, 0.2) is 6.08 Å². The number of carbonyl (C=O) groups excluding carboxylic acids is 1. The number of nitrogens with two attached hydrogens (primary N) is 1. The van der Waals surface area contributed by atoms with Gasteiger partial charge in [-0.25, -0.2) is 0 Å². The minimum Gasteiger partial charge on any atom is -0.496 e. The first-order chi connectivity index (χ1) is 14.0. The number of ether oxygens (including phenoxy) is 2. The van der Waals surface area contributed by atoms with Crippen molar-refractivity contribution >= 4 is 15.9 Å². The van der Waals surface area contributed by atoms with Gasteiger partial charge in [-0.2, -0.15) is 8.42 Å². The molecule has 2 aromatic carbocycles. The topological polar surface area (TPSA) is 105 Å². The molecule has 1 aliphatic heterocycles. The van der Waals surface area contributed by atoms with Crippen molar-refractivity contribution < 1.29 is 31.0 Å². The molecule has 0 aromatic heterocycles. The third-order valence-electron chi connectivity index (χ3n) is 3.72. The molecule has 7 nitrogen and oxygen atoms in total. The van der Waals surface area contributed by atoms with E-state index in [1.54, 1.807) is 25.1 Å². The molecule has 0 aliphatic carbocycles. The summed E-state index contributed by atoms with van der Waals surface area (Å²) in [6.45, 7) is 1.69. The van der Waals surface area contributed by atoms with Crippen LogP contribution in [0.2, 0.25) is 0 Å². The molecule has 8 heteroatoms. The van der Waals surface area contributed by atoms with Gasteiger partial charge in [0.25, 0.3) is 0 Å². The van der Waals surface area contributed by atoms with E-state index in [1.807, 2.05) is 0 Å². The first kappa shape index (κ1) is 15.1. The minimum absolute atomic E-state index is 0.0000162. The van der Waals surface area contributed by atoms with Crippen molar-refractivity contribution in [3.05, 3.63) is 76.9 Å². The summed E-state index contributed by atoms with van der Waals surface area (Å²) in [7, 11) is -3.69. The highest BCUT2D eigenvalue weighted by Crippen LogP contribution is 2.38. The van der Waals surface area contributed by atoms with Crippen LogP contribution in [0.3, 0.4) is 0 Å². The molecule has 27 heavy (non-hydrogen) atoms.